The first kappa shape index (κ1) is 12.4. The quantitative estimate of drug-likeness (QED) is 0.842. The highest BCUT2D eigenvalue weighted by Gasteiger charge is 2.42. The first-order chi connectivity index (χ1) is 7.85. The van der Waals surface area contributed by atoms with Crippen LogP contribution < -0.4 is 5.73 Å². The Labute approximate surface area is 98.8 Å². The van der Waals surface area contributed by atoms with Crippen molar-refractivity contribution in [3.05, 3.63) is 35.4 Å². The third-order valence-corrected chi connectivity index (χ3v) is 3.65. The summed E-state index contributed by atoms with van der Waals surface area (Å²) in [6, 6.07) is 5.40. The molecular formula is C13H16F3N. The summed E-state index contributed by atoms with van der Waals surface area (Å²) in [7, 11) is 0. The number of nitrogens with two attached hydrogens (primary N) is 1. The SMILES string of the molecule is CCC1CC(N)(c2cccc(C(F)(F)F)c2)C1. The Balaban J connectivity index is 2.23. The topological polar surface area (TPSA) is 26.0 Å². The molecule has 0 unspecified atom stereocenters. The molecule has 0 amide bonds. The Morgan fingerprint density at radius 3 is 2.53 bits per heavy atom. The van der Waals surface area contributed by atoms with Gasteiger partial charge in [-0.05, 0) is 36.5 Å². The zero-order valence-corrected chi connectivity index (χ0v) is 9.72. The zero-order valence-electron chi connectivity index (χ0n) is 9.72. The molecular weight excluding hydrogens is 227 g/mol. The molecule has 1 aromatic carbocycles. The highest BCUT2D eigenvalue weighted by atomic mass is 19.4. The Morgan fingerprint density at radius 2 is 2.00 bits per heavy atom. The van der Waals surface area contributed by atoms with Crippen molar-refractivity contribution < 1.29 is 13.2 Å². The van der Waals surface area contributed by atoms with E-state index in [1.165, 1.54) is 12.1 Å². The van der Waals surface area contributed by atoms with E-state index < -0.39 is 17.3 Å². The van der Waals surface area contributed by atoms with Gasteiger partial charge < -0.3 is 5.73 Å². The molecule has 17 heavy (non-hydrogen) atoms. The maximum atomic E-state index is 12.6. The molecule has 1 aliphatic carbocycles. The van der Waals surface area contributed by atoms with Crippen LogP contribution in [0, 0.1) is 5.92 Å². The van der Waals surface area contributed by atoms with Gasteiger partial charge >= 0.3 is 6.18 Å². The average molecular weight is 243 g/mol. The van der Waals surface area contributed by atoms with Gasteiger partial charge in [0.2, 0.25) is 0 Å². The van der Waals surface area contributed by atoms with Crippen molar-refractivity contribution in [2.24, 2.45) is 11.7 Å². The highest BCUT2D eigenvalue weighted by molar-refractivity contribution is 5.32. The van der Waals surface area contributed by atoms with Crippen molar-refractivity contribution >= 4 is 0 Å². The van der Waals surface area contributed by atoms with Crippen LogP contribution in [0.5, 0.6) is 0 Å². The van der Waals surface area contributed by atoms with Crippen LogP contribution >= 0.6 is 0 Å². The molecule has 0 aliphatic heterocycles. The molecule has 0 heterocycles. The molecule has 94 valence electrons. The third kappa shape index (κ3) is 2.32. The molecule has 1 aromatic rings. The van der Waals surface area contributed by atoms with E-state index in [0.29, 0.717) is 11.5 Å². The van der Waals surface area contributed by atoms with Crippen LogP contribution in [0.25, 0.3) is 0 Å². The number of hydrogen-bond donors (Lipinski definition) is 1. The number of hydrogen-bond acceptors (Lipinski definition) is 1. The molecule has 0 atom stereocenters. The predicted molar refractivity (Wildman–Crippen MR) is 60.3 cm³/mol. The molecule has 1 aliphatic rings. The van der Waals surface area contributed by atoms with Crippen molar-refractivity contribution in [3.8, 4) is 0 Å². The zero-order chi connectivity index (χ0) is 12.7. The van der Waals surface area contributed by atoms with Crippen LogP contribution in [-0.4, -0.2) is 0 Å². The monoisotopic (exact) mass is 243 g/mol. The summed E-state index contributed by atoms with van der Waals surface area (Å²) in [6.07, 6.45) is -1.69. The van der Waals surface area contributed by atoms with Gasteiger partial charge in [0.1, 0.15) is 0 Å². The second kappa shape index (κ2) is 4.02. The summed E-state index contributed by atoms with van der Waals surface area (Å²) in [4.78, 5) is 0. The highest BCUT2D eigenvalue weighted by Crippen LogP contribution is 2.45. The fourth-order valence-electron chi connectivity index (χ4n) is 2.50. The fraction of sp³-hybridized carbons (Fsp3) is 0.538. The number of benzene rings is 1. The van der Waals surface area contributed by atoms with E-state index in [2.05, 4.69) is 6.92 Å². The molecule has 1 fully saturated rings. The lowest BCUT2D eigenvalue weighted by Crippen LogP contribution is -2.48. The van der Waals surface area contributed by atoms with Crippen molar-refractivity contribution in [2.45, 2.75) is 37.9 Å². The van der Waals surface area contributed by atoms with E-state index in [-0.39, 0.29) is 0 Å². The Bertz CT molecular complexity index is 405. The lowest BCUT2D eigenvalue weighted by atomic mass is 9.64. The summed E-state index contributed by atoms with van der Waals surface area (Å²) < 4.78 is 37.7. The molecule has 1 saturated carbocycles. The minimum Gasteiger partial charge on any atom is -0.321 e. The van der Waals surface area contributed by atoms with E-state index >= 15 is 0 Å². The van der Waals surface area contributed by atoms with Gasteiger partial charge in [0.15, 0.2) is 0 Å². The maximum Gasteiger partial charge on any atom is 0.416 e. The van der Waals surface area contributed by atoms with Crippen molar-refractivity contribution in [2.75, 3.05) is 0 Å². The Morgan fingerprint density at radius 1 is 1.35 bits per heavy atom. The van der Waals surface area contributed by atoms with Gasteiger partial charge in [-0.25, -0.2) is 0 Å². The summed E-state index contributed by atoms with van der Waals surface area (Å²) in [5.74, 6) is 0.551. The fourth-order valence-corrected chi connectivity index (χ4v) is 2.50. The molecule has 0 radical (unpaired) electrons. The first-order valence-corrected chi connectivity index (χ1v) is 5.82. The molecule has 0 spiro atoms. The van der Waals surface area contributed by atoms with Gasteiger partial charge in [-0.1, -0.05) is 25.5 Å². The summed E-state index contributed by atoms with van der Waals surface area (Å²) in [5, 5.41) is 0. The number of halogens is 3. The molecule has 1 nitrogen and oxygen atoms in total. The second-order valence-electron chi connectivity index (χ2n) is 4.92. The van der Waals surface area contributed by atoms with Crippen LogP contribution in [0.3, 0.4) is 0 Å². The van der Waals surface area contributed by atoms with Gasteiger partial charge in [0, 0.05) is 5.54 Å². The van der Waals surface area contributed by atoms with Gasteiger partial charge in [0.05, 0.1) is 5.56 Å². The molecule has 2 N–H and O–H groups in total. The predicted octanol–water partition coefficient (Wildman–Crippen LogP) is 3.68. The van der Waals surface area contributed by atoms with Crippen LogP contribution in [0.2, 0.25) is 0 Å². The first-order valence-electron chi connectivity index (χ1n) is 5.82. The van der Waals surface area contributed by atoms with Crippen LogP contribution in [0.1, 0.15) is 37.3 Å². The van der Waals surface area contributed by atoms with E-state index in [0.717, 1.165) is 25.3 Å². The molecule has 0 bridgehead atoms. The Hall–Kier alpha value is -1.03. The van der Waals surface area contributed by atoms with Crippen molar-refractivity contribution in [1.82, 2.24) is 0 Å². The van der Waals surface area contributed by atoms with Crippen molar-refractivity contribution in [1.29, 1.82) is 0 Å². The van der Waals surface area contributed by atoms with Gasteiger partial charge in [0.25, 0.3) is 0 Å². The largest absolute Gasteiger partial charge is 0.416 e. The minimum absolute atomic E-state index is 0.551. The lowest BCUT2D eigenvalue weighted by Gasteiger charge is -2.45. The van der Waals surface area contributed by atoms with Crippen molar-refractivity contribution in [3.63, 3.8) is 0 Å². The van der Waals surface area contributed by atoms with E-state index in [1.54, 1.807) is 6.07 Å². The third-order valence-electron chi connectivity index (χ3n) is 3.65. The summed E-state index contributed by atoms with van der Waals surface area (Å²) >= 11 is 0. The smallest absolute Gasteiger partial charge is 0.321 e. The molecule has 0 saturated heterocycles. The number of rotatable bonds is 2. The Kier molecular flexibility index (Phi) is 2.94. The van der Waals surface area contributed by atoms with E-state index in [9.17, 15) is 13.2 Å². The lowest BCUT2D eigenvalue weighted by molar-refractivity contribution is -0.137. The standard InChI is InChI=1S/C13H16F3N/c1-2-9-7-12(17,8-9)10-4-3-5-11(6-10)13(14,15)16/h3-6,9H,2,7-8,17H2,1H3. The maximum absolute atomic E-state index is 12.6. The number of alkyl halides is 3. The van der Waals surface area contributed by atoms with E-state index in [4.69, 9.17) is 5.73 Å². The molecule has 2 rings (SSSR count). The van der Waals surface area contributed by atoms with Gasteiger partial charge in [-0.3, -0.25) is 0 Å². The van der Waals surface area contributed by atoms with Crippen LogP contribution in [-0.2, 0) is 11.7 Å². The second-order valence-corrected chi connectivity index (χ2v) is 4.92. The summed E-state index contributed by atoms with van der Waals surface area (Å²) in [5.41, 5.74) is 5.58. The van der Waals surface area contributed by atoms with Crippen LogP contribution in [0.15, 0.2) is 24.3 Å². The molecule has 4 heteroatoms. The minimum atomic E-state index is -4.29. The van der Waals surface area contributed by atoms with Gasteiger partial charge in [-0.15, -0.1) is 0 Å². The van der Waals surface area contributed by atoms with Gasteiger partial charge in [-0.2, -0.15) is 13.2 Å². The van der Waals surface area contributed by atoms with E-state index in [1.807, 2.05) is 0 Å². The average Bonchev–Trinajstić information content (AvgIpc) is 2.23. The molecule has 0 aromatic heterocycles. The normalized spacial score (nSPS) is 28.9. The van der Waals surface area contributed by atoms with Crippen LogP contribution in [0.4, 0.5) is 13.2 Å². The summed E-state index contributed by atoms with van der Waals surface area (Å²) in [6.45, 7) is 2.08.